The van der Waals surface area contributed by atoms with E-state index in [9.17, 15) is 0 Å². The van der Waals surface area contributed by atoms with Crippen molar-refractivity contribution in [2.24, 2.45) is 5.10 Å². The predicted molar refractivity (Wildman–Crippen MR) is 93.6 cm³/mol. The summed E-state index contributed by atoms with van der Waals surface area (Å²) in [5, 5.41) is 6.14. The zero-order chi connectivity index (χ0) is 15.4. The summed E-state index contributed by atoms with van der Waals surface area (Å²) < 4.78 is 5.43. The normalized spacial score (nSPS) is 16.9. The number of nitrogens with one attached hydrogen (secondary N) is 1. The third-order valence-corrected chi connectivity index (χ3v) is 3.84. The van der Waals surface area contributed by atoms with Crippen LogP contribution < -0.4 is 15.1 Å². The fourth-order valence-electron chi connectivity index (χ4n) is 2.55. The number of rotatable bonds is 5. The van der Waals surface area contributed by atoms with Crippen LogP contribution in [0.5, 0.6) is 5.75 Å². The van der Waals surface area contributed by atoms with Gasteiger partial charge in [0.05, 0.1) is 7.11 Å². The lowest BCUT2D eigenvalue weighted by Gasteiger charge is -2.25. The Balaban J connectivity index is 1.90. The molecule has 1 heterocycles. The zero-order valence-electron chi connectivity index (χ0n) is 12.3. The summed E-state index contributed by atoms with van der Waals surface area (Å²) in [6.07, 6.45) is 0.563. The van der Waals surface area contributed by atoms with Gasteiger partial charge in [0, 0.05) is 23.0 Å². The first-order valence-electron chi connectivity index (χ1n) is 7.07. The summed E-state index contributed by atoms with van der Waals surface area (Å²) in [5.74, 6) is 1.78. The maximum absolute atomic E-state index is 5.43. The summed E-state index contributed by atoms with van der Waals surface area (Å²) in [4.78, 5) is 2.11. The molecule has 0 saturated carbocycles. The number of hydrazone groups is 1. The van der Waals surface area contributed by atoms with Gasteiger partial charge >= 0.3 is 0 Å². The van der Waals surface area contributed by atoms with Crippen molar-refractivity contribution in [1.29, 1.82) is 0 Å². The summed E-state index contributed by atoms with van der Waals surface area (Å²) in [6, 6.07) is 18.1. The van der Waals surface area contributed by atoms with Crippen molar-refractivity contribution in [1.82, 2.24) is 5.43 Å². The van der Waals surface area contributed by atoms with E-state index in [1.807, 2.05) is 36.4 Å². The van der Waals surface area contributed by atoms with Crippen LogP contribution in [0.25, 0.3) is 0 Å². The van der Waals surface area contributed by atoms with E-state index in [1.165, 1.54) is 0 Å². The van der Waals surface area contributed by atoms with E-state index in [2.05, 4.69) is 33.6 Å². The number of anilines is 1. The van der Waals surface area contributed by atoms with Crippen molar-refractivity contribution in [2.45, 2.75) is 12.6 Å². The maximum atomic E-state index is 5.43. The smallest absolute Gasteiger partial charge is 0.150 e. The average Bonchev–Trinajstić information content (AvgIpc) is 2.99. The Hall–Kier alpha value is -2.40. The third-order valence-electron chi connectivity index (χ3n) is 3.59. The van der Waals surface area contributed by atoms with E-state index >= 15 is 0 Å². The second-order valence-corrected chi connectivity index (χ2v) is 5.20. The van der Waals surface area contributed by atoms with Gasteiger partial charge in [-0.25, -0.2) is 0 Å². The number of hydrogen-bond donors (Lipinski definition) is 1. The average molecular weight is 311 g/mol. The summed E-state index contributed by atoms with van der Waals surface area (Å²) in [7, 11) is 1.68. The van der Waals surface area contributed by atoms with E-state index in [-0.39, 0.29) is 6.17 Å². The minimum atomic E-state index is -0.109. The number of thiocarbonyl (C=S) groups is 1. The number of para-hydroxylation sites is 2. The number of amidine groups is 1. The van der Waals surface area contributed by atoms with Gasteiger partial charge in [0.2, 0.25) is 0 Å². The van der Waals surface area contributed by atoms with Crippen LogP contribution in [-0.2, 0) is 6.42 Å². The van der Waals surface area contributed by atoms with Gasteiger partial charge in [0.1, 0.15) is 17.8 Å². The first kappa shape index (κ1) is 14.5. The molecule has 112 valence electrons. The van der Waals surface area contributed by atoms with Crippen LogP contribution in [0.3, 0.4) is 0 Å². The Labute approximate surface area is 135 Å². The molecule has 5 heteroatoms. The first-order chi connectivity index (χ1) is 10.8. The first-order valence-corrected chi connectivity index (χ1v) is 7.54. The molecule has 1 aliphatic rings. The van der Waals surface area contributed by atoms with Gasteiger partial charge in [-0.3, -0.25) is 5.43 Å². The predicted octanol–water partition coefficient (Wildman–Crippen LogP) is 2.99. The number of hydrogen-bond acceptors (Lipinski definition) is 5. The van der Waals surface area contributed by atoms with Crippen molar-refractivity contribution in [3.05, 3.63) is 60.2 Å². The van der Waals surface area contributed by atoms with Crippen molar-refractivity contribution in [2.75, 3.05) is 12.0 Å². The molecule has 0 aromatic heterocycles. The van der Waals surface area contributed by atoms with E-state index in [4.69, 9.17) is 17.0 Å². The molecule has 1 unspecified atom stereocenters. The second-order valence-electron chi connectivity index (χ2n) is 4.93. The Morgan fingerprint density at radius 3 is 2.64 bits per heavy atom. The molecular weight excluding hydrogens is 294 g/mol. The highest BCUT2D eigenvalue weighted by atomic mass is 32.1. The third kappa shape index (κ3) is 2.80. The molecule has 22 heavy (non-hydrogen) atoms. The number of ether oxygens (including phenoxy) is 1. The molecule has 1 aliphatic heterocycles. The van der Waals surface area contributed by atoms with Crippen molar-refractivity contribution in [3.63, 3.8) is 0 Å². The lowest BCUT2D eigenvalue weighted by molar-refractivity contribution is 0.411. The highest BCUT2D eigenvalue weighted by Gasteiger charge is 2.27. The van der Waals surface area contributed by atoms with Crippen LogP contribution in [0.15, 0.2) is 59.7 Å². The molecule has 0 aliphatic carbocycles. The SMILES string of the molecule is COc1ccccc1CC1=NNC(C=S)N1c1ccccc1. The van der Waals surface area contributed by atoms with Gasteiger partial charge < -0.3 is 9.64 Å². The standard InChI is InChI=1S/C17H17N3OS/c1-21-15-10-6-5-7-13(15)11-16-18-19-17(12-22)20(16)14-8-3-2-4-9-14/h2-10,12,17,19H,11H2,1H3. The second kappa shape index (κ2) is 6.58. The van der Waals surface area contributed by atoms with E-state index in [1.54, 1.807) is 12.5 Å². The Bertz CT molecular complexity index is 687. The minimum absolute atomic E-state index is 0.109. The largest absolute Gasteiger partial charge is 0.496 e. The van der Waals surface area contributed by atoms with Crippen molar-refractivity contribution < 1.29 is 4.74 Å². The van der Waals surface area contributed by atoms with Crippen molar-refractivity contribution in [3.8, 4) is 5.75 Å². The number of nitrogens with zero attached hydrogens (tertiary/aromatic N) is 2. The van der Waals surface area contributed by atoms with Gasteiger partial charge in [-0.1, -0.05) is 48.6 Å². The Kier molecular flexibility index (Phi) is 4.34. The molecule has 0 amide bonds. The fourth-order valence-corrected chi connectivity index (χ4v) is 2.73. The van der Waals surface area contributed by atoms with Crippen LogP contribution in [0, 0.1) is 0 Å². The Morgan fingerprint density at radius 1 is 1.18 bits per heavy atom. The van der Waals surface area contributed by atoms with Gasteiger partial charge in [-0.05, 0) is 18.2 Å². The molecule has 0 fully saturated rings. The molecule has 0 spiro atoms. The van der Waals surface area contributed by atoms with Gasteiger partial charge in [0.25, 0.3) is 0 Å². The number of methoxy groups -OCH3 is 1. The highest BCUT2D eigenvalue weighted by Crippen LogP contribution is 2.24. The van der Waals surface area contributed by atoms with Gasteiger partial charge in [-0.2, -0.15) is 5.10 Å². The monoisotopic (exact) mass is 311 g/mol. The molecule has 1 atom stereocenters. The molecule has 0 saturated heterocycles. The van der Waals surface area contributed by atoms with Crippen molar-refractivity contribution >= 4 is 29.1 Å². The molecule has 2 aromatic carbocycles. The Morgan fingerprint density at radius 2 is 1.91 bits per heavy atom. The van der Waals surface area contributed by atoms with Gasteiger partial charge in [-0.15, -0.1) is 0 Å². The molecular formula is C17H17N3OS. The minimum Gasteiger partial charge on any atom is -0.496 e. The maximum Gasteiger partial charge on any atom is 0.150 e. The van der Waals surface area contributed by atoms with Gasteiger partial charge in [0.15, 0.2) is 0 Å². The summed E-state index contributed by atoms with van der Waals surface area (Å²) >= 11 is 5.13. The molecule has 0 radical (unpaired) electrons. The van der Waals surface area contributed by atoms with E-state index in [0.717, 1.165) is 22.8 Å². The highest BCUT2D eigenvalue weighted by molar-refractivity contribution is 7.79. The van der Waals surface area contributed by atoms with Crippen LogP contribution in [0.4, 0.5) is 5.69 Å². The molecule has 4 nitrogen and oxygen atoms in total. The molecule has 0 bridgehead atoms. The van der Waals surface area contributed by atoms with Crippen LogP contribution >= 0.6 is 12.2 Å². The summed E-state index contributed by atoms with van der Waals surface area (Å²) in [5.41, 5.74) is 5.23. The summed E-state index contributed by atoms with van der Waals surface area (Å²) in [6.45, 7) is 0. The molecule has 1 N–H and O–H groups in total. The topological polar surface area (TPSA) is 36.9 Å². The fraction of sp³-hybridized carbons (Fsp3) is 0.176. The zero-order valence-corrected chi connectivity index (χ0v) is 13.1. The van der Waals surface area contributed by atoms with Crippen LogP contribution in [0.2, 0.25) is 0 Å². The quantitative estimate of drug-likeness (QED) is 0.861. The lowest BCUT2D eigenvalue weighted by Crippen LogP contribution is -2.41. The van der Waals surface area contributed by atoms with Crippen LogP contribution in [0.1, 0.15) is 5.56 Å². The van der Waals surface area contributed by atoms with Crippen LogP contribution in [-0.4, -0.2) is 24.5 Å². The van der Waals surface area contributed by atoms with E-state index < -0.39 is 0 Å². The molecule has 2 aromatic rings. The van der Waals surface area contributed by atoms with E-state index in [0.29, 0.717) is 6.42 Å². The number of benzene rings is 2. The molecule has 3 rings (SSSR count). The lowest BCUT2D eigenvalue weighted by atomic mass is 10.1.